The van der Waals surface area contributed by atoms with Crippen LogP contribution in [0.25, 0.3) is 49.2 Å². The van der Waals surface area contributed by atoms with Gasteiger partial charge in [0.25, 0.3) is 0 Å². The van der Waals surface area contributed by atoms with Crippen molar-refractivity contribution in [3.05, 3.63) is 54.8 Å². The minimum atomic E-state index is -0.605. The van der Waals surface area contributed by atoms with E-state index in [1.54, 1.807) is 0 Å². The molecule has 18 heteroatoms. The van der Waals surface area contributed by atoms with Crippen LogP contribution < -0.4 is 25.1 Å². The van der Waals surface area contributed by atoms with Crippen molar-refractivity contribution in [2.24, 2.45) is 4.99 Å². The van der Waals surface area contributed by atoms with Gasteiger partial charge in [-0.05, 0) is 43.0 Å². The Labute approximate surface area is 394 Å². The molecule has 6 rings (SSSR count). The molecule has 1 aliphatic carbocycles. The summed E-state index contributed by atoms with van der Waals surface area (Å²) in [4.78, 5) is 33.4. The summed E-state index contributed by atoms with van der Waals surface area (Å²) in [7, 11) is 4.34. The number of benzene rings is 5. The minimum absolute atomic E-state index is 0.0143. The number of phenolic OH excluding ortho intramolecular Hbond substituents is 2. The zero-order valence-electron chi connectivity index (χ0n) is 39.7. The van der Waals surface area contributed by atoms with Crippen LogP contribution in [0.3, 0.4) is 0 Å². The van der Waals surface area contributed by atoms with Crippen molar-refractivity contribution in [2.75, 3.05) is 147 Å². The standard InChI is InChI=1S/C50H65NO17/c1-30-27-33-32(7-6-11-61-15-19-65-23-25-67-21-17-63-13-9-52)48(56)40-34(54)28-36(58-3)42-43-37(59-4)29-35(55)41-46(43)45(39(33)44(40)42)47(50(60-5)49(41)57)38(30)31(2)51-8-12-62-16-20-66-24-26-68-22-18-64-14-10-53/h27-29,38,52-53,56-57H,6-26H2,1-5H3. The molecule has 0 bridgehead atoms. The molecular weight excluding hydrogens is 887 g/mol. The summed E-state index contributed by atoms with van der Waals surface area (Å²) < 4.78 is 62.1. The molecule has 0 saturated heterocycles. The lowest BCUT2D eigenvalue weighted by atomic mass is 9.80. The summed E-state index contributed by atoms with van der Waals surface area (Å²) in [5.41, 5.74) is 2.22. The average Bonchev–Trinajstić information content (AvgIpc) is 3.46. The number of aliphatic hydroxyl groups is 2. The van der Waals surface area contributed by atoms with Crippen molar-refractivity contribution in [2.45, 2.75) is 32.6 Å². The van der Waals surface area contributed by atoms with Gasteiger partial charge >= 0.3 is 0 Å². The predicted octanol–water partition coefficient (Wildman–Crippen LogP) is 4.34. The Morgan fingerprint density at radius 3 is 1.46 bits per heavy atom. The molecule has 0 radical (unpaired) electrons. The molecule has 5 aromatic carbocycles. The van der Waals surface area contributed by atoms with E-state index in [4.69, 9.17) is 67.3 Å². The topological polar surface area (TPSA) is 229 Å². The first kappa shape index (κ1) is 52.4. The van der Waals surface area contributed by atoms with Crippen molar-refractivity contribution in [1.29, 1.82) is 0 Å². The van der Waals surface area contributed by atoms with Gasteiger partial charge in [-0.25, -0.2) is 0 Å². The number of aliphatic hydroxyl groups excluding tert-OH is 2. The predicted molar refractivity (Wildman–Crippen MR) is 258 cm³/mol. The third kappa shape index (κ3) is 11.7. The van der Waals surface area contributed by atoms with Crippen LogP contribution in [-0.4, -0.2) is 173 Å². The molecule has 1 unspecified atom stereocenters. The smallest absolute Gasteiger partial charge is 0.194 e. The van der Waals surface area contributed by atoms with E-state index < -0.39 is 16.8 Å². The molecule has 1 aliphatic rings. The van der Waals surface area contributed by atoms with Crippen LogP contribution in [-0.2, 0) is 44.3 Å². The fourth-order valence-corrected chi connectivity index (χ4v) is 8.98. The summed E-state index contributed by atoms with van der Waals surface area (Å²) in [6.45, 7) is 9.83. The summed E-state index contributed by atoms with van der Waals surface area (Å²) in [6, 6.07) is 2.64. The van der Waals surface area contributed by atoms with Crippen molar-refractivity contribution in [3.63, 3.8) is 0 Å². The van der Waals surface area contributed by atoms with Gasteiger partial charge in [0.05, 0.1) is 151 Å². The van der Waals surface area contributed by atoms with Gasteiger partial charge in [0, 0.05) is 63.0 Å². The Morgan fingerprint density at radius 2 is 0.985 bits per heavy atom. The molecule has 0 heterocycles. The third-order valence-electron chi connectivity index (χ3n) is 11.8. The van der Waals surface area contributed by atoms with E-state index in [1.807, 2.05) is 19.9 Å². The SMILES string of the molecule is COc1c(O)c2c(=O)cc(OC)c3c4c(OC)cc(=O)c5c(O)c(CCCOCCOCCOCCOCCO)c6c(c(c1C(C(C)=NCCOCCOCCOCCOCCO)C(C)=C6)c23)c54. The van der Waals surface area contributed by atoms with Gasteiger partial charge in [0.1, 0.15) is 17.2 Å². The number of aromatic hydroxyl groups is 2. The lowest BCUT2D eigenvalue weighted by Gasteiger charge is -2.26. The normalized spacial score (nSPS) is 14.0. The Hall–Kier alpha value is -4.99. The zero-order chi connectivity index (χ0) is 48.6. The van der Waals surface area contributed by atoms with E-state index in [0.717, 1.165) is 5.57 Å². The van der Waals surface area contributed by atoms with E-state index >= 15 is 0 Å². The highest BCUT2D eigenvalue weighted by Gasteiger charge is 2.36. The Balaban J connectivity index is 1.33. The molecule has 0 aromatic heterocycles. The number of allylic oxidation sites excluding steroid dienone is 1. The quantitative estimate of drug-likeness (QED) is 0.0198. The van der Waals surface area contributed by atoms with Crippen molar-refractivity contribution >= 4 is 54.9 Å². The van der Waals surface area contributed by atoms with Gasteiger partial charge in [-0.2, -0.15) is 0 Å². The molecule has 18 nitrogen and oxygen atoms in total. The zero-order valence-corrected chi connectivity index (χ0v) is 39.7. The number of fused-ring (bicyclic) bond motifs is 1. The minimum Gasteiger partial charge on any atom is -0.507 e. The fraction of sp³-hybridized carbons (Fsp3) is 0.540. The van der Waals surface area contributed by atoms with Crippen molar-refractivity contribution in [3.8, 4) is 28.7 Å². The highest BCUT2D eigenvalue weighted by Crippen LogP contribution is 2.57. The maximum atomic E-state index is 14.2. The molecule has 0 amide bonds. The van der Waals surface area contributed by atoms with E-state index in [0.29, 0.717) is 167 Å². The van der Waals surface area contributed by atoms with Gasteiger partial charge in [-0.3, -0.25) is 14.6 Å². The van der Waals surface area contributed by atoms with Gasteiger partial charge in [0.2, 0.25) is 0 Å². The second-order valence-electron chi connectivity index (χ2n) is 16.0. The molecule has 0 spiro atoms. The summed E-state index contributed by atoms with van der Waals surface area (Å²) >= 11 is 0. The second-order valence-corrected chi connectivity index (χ2v) is 16.0. The fourth-order valence-electron chi connectivity index (χ4n) is 8.98. The number of nitrogens with zero attached hydrogens (tertiary/aromatic N) is 1. The summed E-state index contributed by atoms with van der Waals surface area (Å²) in [5, 5.41) is 45.0. The summed E-state index contributed by atoms with van der Waals surface area (Å²) in [5.74, 6) is -0.620. The Morgan fingerprint density at radius 1 is 0.544 bits per heavy atom. The number of ether oxygens (including phenoxy) is 11. The number of rotatable bonds is 33. The lowest BCUT2D eigenvalue weighted by molar-refractivity contribution is -0.00564. The van der Waals surface area contributed by atoms with E-state index in [2.05, 4.69) is 0 Å². The number of hydrogen-bond donors (Lipinski definition) is 4. The van der Waals surface area contributed by atoms with Crippen LogP contribution in [0.2, 0.25) is 0 Å². The molecular formula is C50H65NO17. The molecule has 0 saturated carbocycles. The van der Waals surface area contributed by atoms with Crippen LogP contribution in [0.5, 0.6) is 28.7 Å². The molecule has 1 atom stereocenters. The monoisotopic (exact) mass is 951 g/mol. The first-order chi connectivity index (χ1) is 33.2. The largest absolute Gasteiger partial charge is 0.507 e. The van der Waals surface area contributed by atoms with Crippen LogP contribution >= 0.6 is 0 Å². The number of phenols is 2. The molecule has 0 fully saturated rings. The van der Waals surface area contributed by atoms with Crippen LogP contribution in [0.1, 0.15) is 42.9 Å². The van der Waals surface area contributed by atoms with Crippen LogP contribution in [0.4, 0.5) is 0 Å². The Bertz CT molecular complexity index is 2610. The first-order valence-electron chi connectivity index (χ1n) is 22.9. The molecule has 68 heavy (non-hydrogen) atoms. The van der Waals surface area contributed by atoms with Gasteiger partial charge in [-0.1, -0.05) is 11.6 Å². The molecule has 5 aromatic rings. The van der Waals surface area contributed by atoms with E-state index in [9.17, 15) is 19.8 Å². The first-order valence-corrected chi connectivity index (χ1v) is 22.9. The van der Waals surface area contributed by atoms with Gasteiger partial charge in [-0.15, -0.1) is 0 Å². The van der Waals surface area contributed by atoms with Gasteiger partial charge < -0.3 is 72.5 Å². The molecule has 0 aliphatic heterocycles. The highest BCUT2D eigenvalue weighted by atomic mass is 16.6. The number of aliphatic imine (C=N–C) groups is 1. The maximum absolute atomic E-state index is 14.2. The van der Waals surface area contributed by atoms with Crippen LogP contribution in [0.15, 0.2) is 32.3 Å². The lowest BCUT2D eigenvalue weighted by Crippen LogP contribution is -2.16. The van der Waals surface area contributed by atoms with E-state index in [-0.39, 0.29) is 65.9 Å². The summed E-state index contributed by atoms with van der Waals surface area (Å²) in [6.07, 6.45) is 2.79. The molecule has 4 N–H and O–H groups in total. The van der Waals surface area contributed by atoms with Gasteiger partial charge in [0.15, 0.2) is 22.4 Å². The van der Waals surface area contributed by atoms with Crippen molar-refractivity contribution in [1.82, 2.24) is 0 Å². The number of hydrogen-bond acceptors (Lipinski definition) is 18. The third-order valence-corrected chi connectivity index (χ3v) is 11.8. The van der Waals surface area contributed by atoms with E-state index in [1.165, 1.54) is 33.5 Å². The van der Waals surface area contributed by atoms with Crippen LogP contribution in [0, 0.1) is 0 Å². The highest BCUT2D eigenvalue weighted by molar-refractivity contribution is 6.39. The second kappa shape index (κ2) is 26.1. The number of methoxy groups -OCH3 is 3. The Kier molecular flexibility index (Phi) is 20.1. The molecule has 372 valence electrons. The average molecular weight is 952 g/mol. The maximum Gasteiger partial charge on any atom is 0.194 e. The van der Waals surface area contributed by atoms with Crippen molar-refractivity contribution < 1.29 is 72.5 Å².